The summed E-state index contributed by atoms with van der Waals surface area (Å²) in [4.78, 5) is 1.01. The minimum absolute atomic E-state index is 0.143. The summed E-state index contributed by atoms with van der Waals surface area (Å²) < 4.78 is 63.0. The maximum absolute atomic E-state index is 11.3. The van der Waals surface area contributed by atoms with E-state index in [1.54, 1.807) is 11.8 Å². The van der Waals surface area contributed by atoms with Crippen LogP contribution < -0.4 is 0 Å². The molecule has 2 saturated heterocycles. The molecule has 9 rings (SSSR count). The van der Waals surface area contributed by atoms with E-state index in [1.165, 1.54) is 0 Å². The third-order valence-electron chi connectivity index (χ3n) is 12.5. The van der Waals surface area contributed by atoms with Gasteiger partial charge in [0.05, 0.1) is 52.9 Å². The Labute approximate surface area is 421 Å². The summed E-state index contributed by atoms with van der Waals surface area (Å²) >= 11 is 1.57. The Morgan fingerprint density at radius 3 is 1.13 bits per heavy atom. The molecule has 2 heterocycles. The maximum atomic E-state index is 11.3. The molecule has 368 valence electrons. The van der Waals surface area contributed by atoms with E-state index in [9.17, 15) is 5.11 Å². The van der Waals surface area contributed by atoms with Crippen LogP contribution in [0.1, 0.15) is 33.4 Å². The third kappa shape index (κ3) is 14.6. The van der Waals surface area contributed by atoms with Gasteiger partial charge in [0.1, 0.15) is 54.3 Å². The van der Waals surface area contributed by atoms with Crippen molar-refractivity contribution >= 4 is 11.8 Å². The first kappa shape index (κ1) is 50.4. The molecule has 0 amide bonds. The minimum atomic E-state index is -1.13. The summed E-state index contributed by atoms with van der Waals surface area (Å²) in [7, 11) is 0. The number of ether oxygens (including phenoxy) is 9. The smallest absolute Gasteiger partial charge is 0.187 e. The predicted molar refractivity (Wildman–Crippen MR) is 273 cm³/mol. The Bertz CT molecular complexity index is 2530. The summed E-state index contributed by atoms with van der Waals surface area (Å²) in [5.41, 5.74) is 5.32. The lowest BCUT2D eigenvalue weighted by atomic mass is 9.96. The standard InChI is InChI=1S/C60H62O10S/c61-36-51-53(63-38-45-24-10-2-11-25-45)55(64-39-46-26-12-3-13-27-46)57(66-41-48-30-16-5-17-31-48)59(68-51)70-54-52(43-62-37-44-22-8-1-9-23-44)69-60(71-50-34-20-7-21-35-50)58(67-42-49-32-18-6-19-33-49)56(54)65-40-47-28-14-4-15-29-47/h1-35,51-61H,36-43H2/t51-,52-,53-,54-,55+,56+,57-,58-,59-,60+/m1/s1. The molecule has 2 aliphatic heterocycles. The first-order valence-electron chi connectivity index (χ1n) is 24.3. The van der Waals surface area contributed by atoms with Crippen molar-refractivity contribution in [1.82, 2.24) is 0 Å². The lowest BCUT2D eigenvalue weighted by Gasteiger charge is -2.50. The molecule has 2 fully saturated rings. The summed E-state index contributed by atoms with van der Waals surface area (Å²) in [6.45, 7) is 1.36. The Morgan fingerprint density at radius 1 is 0.352 bits per heavy atom. The van der Waals surface area contributed by atoms with Crippen molar-refractivity contribution in [2.75, 3.05) is 13.2 Å². The predicted octanol–water partition coefficient (Wildman–Crippen LogP) is 10.7. The summed E-state index contributed by atoms with van der Waals surface area (Å²) in [6, 6.07) is 70.2. The number of benzene rings is 7. The second-order valence-electron chi connectivity index (χ2n) is 17.6. The molecule has 7 aromatic rings. The van der Waals surface area contributed by atoms with Crippen LogP contribution in [0.3, 0.4) is 0 Å². The van der Waals surface area contributed by atoms with Crippen molar-refractivity contribution in [3.63, 3.8) is 0 Å². The van der Waals surface area contributed by atoms with E-state index in [-0.39, 0.29) is 39.6 Å². The van der Waals surface area contributed by atoms with E-state index >= 15 is 0 Å². The number of hydrogen-bond acceptors (Lipinski definition) is 11. The van der Waals surface area contributed by atoms with Crippen LogP contribution >= 0.6 is 11.8 Å². The van der Waals surface area contributed by atoms with Gasteiger partial charge in [0, 0.05) is 4.90 Å². The Balaban J connectivity index is 1.11. The monoisotopic (exact) mass is 974 g/mol. The van der Waals surface area contributed by atoms with Gasteiger partial charge in [0.15, 0.2) is 6.29 Å². The quantitative estimate of drug-likeness (QED) is 0.0626. The molecule has 71 heavy (non-hydrogen) atoms. The average Bonchev–Trinajstić information content (AvgIpc) is 3.43. The Morgan fingerprint density at radius 2 is 0.704 bits per heavy atom. The highest BCUT2D eigenvalue weighted by molar-refractivity contribution is 7.99. The topological polar surface area (TPSA) is 103 Å². The van der Waals surface area contributed by atoms with Crippen molar-refractivity contribution in [1.29, 1.82) is 0 Å². The molecule has 0 aliphatic carbocycles. The van der Waals surface area contributed by atoms with Gasteiger partial charge < -0.3 is 47.7 Å². The zero-order valence-corrected chi connectivity index (χ0v) is 40.5. The van der Waals surface area contributed by atoms with Gasteiger partial charge in [0.25, 0.3) is 0 Å². The number of rotatable bonds is 24. The molecule has 10 atom stereocenters. The lowest BCUT2D eigenvalue weighted by molar-refractivity contribution is -0.359. The second kappa shape index (κ2) is 26.8. The van der Waals surface area contributed by atoms with Gasteiger partial charge >= 0.3 is 0 Å². The molecule has 2 aliphatic rings. The van der Waals surface area contributed by atoms with Crippen LogP contribution in [-0.4, -0.2) is 78.9 Å². The van der Waals surface area contributed by atoms with Gasteiger partial charge in [-0.3, -0.25) is 0 Å². The molecule has 1 N–H and O–H groups in total. The molecule has 10 nitrogen and oxygen atoms in total. The van der Waals surface area contributed by atoms with Crippen molar-refractivity contribution in [2.24, 2.45) is 0 Å². The molecule has 0 bridgehead atoms. The van der Waals surface area contributed by atoms with Gasteiger partial charge in [-0.05, 0) is 45.5 Å². The van der Waals surface area contributed by atoms with Crippen LogP contribution in [0.25, 0.3) is 0 Å². The fourth-order valence-electron chi connectivity index (χ4n) is 8.83. The van der Waals surface area contributed by atoms with Crippen LogP contribution in [0.2, 0.25) is 0 Å². The maximum Gasteiger partial charge on any atom is 0.187 e. The fraction of sp³-hybridized carbons (Fsp3) is 0.300. The first-order valence-corrected chi connectivity index (χ1v) is 25.2. The van der Waals surface area contributed by atoms with Crippen LogP contribution in [0.4, 0.5) is 0 Å². The number of aliphatic hydroxyl groups is 1. The highest BCUT2D eigenvalue weighted by atomic mass is 32.2. The highest BCUT2D eigenvalue weighted by Crippen LogP contribution is 2.40. The second-order valence-corrected chi connectivity index (χ2v) is 18.8. The fourth-order valence-corrected chi connectivity index (χ4v) is 9.98. The zero-order valence-electron chi connectivity index (χ0n) is 39.7. The molecule has 0 unspecified atom stereocenters. The van der Waals surface area contributed by atoms with E-state index in [0.717, 1.165) is 38.3 Å². The summed E-state index contributed by atoms with van der Waals surface area (Å²) in [5, 5.41) is 11.3. The van der Waals surface area contributed by atoms with Crippen molar-refractivity contribution in [3.05, 3.63) is 246 Å². The Hall–Kier alpha value is -5.51. The van der Waals surface area contributed by atoms with E-state index in [2.05, 4.69) is 12.1 Å². The van der Waals surface area contributed by atoms with E-state index in [0.29, 0.717) is 13.2 Å². The molecule has 11 heteroatoms. The summed E-state index contributed by atoms with van der Waals surface area (Å²) in [5.74, 6) is 0. The Kier molecular flexibility index (Phi) is 19.0. The molecular formula is C60H62O10S. The van der Waals surface area contributed by atoms with Crippen LogP contribution in [0.5, 0.6) is 0 Å². The lowest BCUT2D eigenvalue weighted by Crippen LogP contribution is -2.66. The normalized spacial score (nSPS) is 24.4. The van der Waals surface area contributed by atoms with Crippen molar-refractivity contribution in [3.8, 4) is 0 Å². The van der Waals surface area contributed by atoms with E-state index < -0.39 is 60.6 Å². The zero-order chi connectivity index (χ0) is 48.3. The average molecular weight is 975 g/mol. The number of aliphatic hydroxyl groups excluding tert-OH is 1. The van der Waals surface area contributed by atoms with Gasteiger partial charge in [-0.25, -0.2) is 0 Å². The SMILES string of the molecule is OC[C@H]1O[C@H](O[C@H]2[C@H](OCc3ccccc3)[C@@H](OCc3ccccc3)[C@H](Sc3ccccc3)O[C@@H]2COCc2ccccc2)[C@H](OCc2ccccc2)[C@@H](OCc2ccccc2)[C@@H]1OCc1ccccc1. The van der Waals surface area contributed by atoms with Gasteiger partial charge in [-0.15, -0.1) is 0 Å². The highest BCUT2D eigenvalue weighted by Gasteiger charge is 2.54. The van der Waals surface area contributed by atoms with Crippen LogP contribution in [0, 0.1) is 0 Å². The van der Waals surface area contributed by atoms with Gasteiger partial charge in [-0.2, -0.15) is 0 Å². The largest absolute Gasteiger partial charge is 0.394 e. The first-order chi connectivity index (χ1) is 35.2. The molecular weight excluding hydrogens is 913 g/mol. The van der Waals surface area contributed by atoms with Crippen LogP contribution in [0.15, 0.2) is 217 Å². The number of thioether (sulfide) groups is 1. The molecule has 7 aromatic carbocycles. The minimum Gasteiger partial charge on any atom is -0.394 e. The number of hydrogen-bond donors (Lipinski definition) is 1. The third-order valence-corrected chi connectivity index (χ3v) is 13.6. The van der Waals surface area contributed by atoms with Crippen LogP contribution in [-0.2, 0) is 82.3 Å². The van der Waals surface area contributed by atoms with Gasteiger partial charge in [0.2, 0.25) is 0 Å². The van der Waals surface area contributed by atoms with Gasteiger partial charge in [-0.1, -0.05) is 212 Å². The molecule has 0 radical (unpaired) electrons. The molecule has 0 spiro atoms. The summed E-state index contributed by atoms with van der Waals surface area (Å²) in [6.07, 6.45) is -7.45. The molecule has 0 saturated carbocycles. The molecule has 0 aromatic heterocycles. The van der Waals surface area contributed by atoms with E-state index in [4.69, 9.17) is 42.6 Å². The van der Waals surface area contributed by atoms with Crippen molar-refractivity contribution in [2.45, 2.75) is 105 Å². The van der Waals surface area contributed by atoms with E-state index in [1.807, 2.05) is 200 Å². The van der Waals surface area contributed by atoms with Crippen molar-refractivity contribution < 1.29 is 47.7 Å².